The van der Waals surface area contributed by atoms with Crippen LogP contribution >= 0.6 is 0 Å². The number of carbonyl (C=O) groups excluding carboxylic acids is 1. The predicted octanol–water partition coefficient (Wildman–Crippen LogP) is 1.97. The van der Waals surface area contributed by atoms with Crippen LogP contribution in [0.1, 0.15) is 31.2 Å². The number of hydrogen-bond donors (Lipinski definition) is 1. The van der Waals surface area contributed by atoms with E-state index < -0.39 is 0 Å². The second kappa shape index (κ2) is 6.75. The molecule has 20 heavy (non-hydrogen) atoms. The van der Waals surface area contributed by atoms with Crippen LogP contribution in [0.2, 0.25) is 0 Å². The summed E-state index contributed by atoms with van der Waals surface area (Å²) in [5.74, 6) is 0.992. The summed E-state index contributed by atoms with van der Waals surface area (Å²) in [7, 11) is 3.55. The fourth-order valence-electron chi connectivity index (χ4n) is 2.74. The highest BCUT2D eigenvalue weighted by molar-refractivity contribution is 5.78. The summed E-state index contributed by atoms with van der Waals surface area (Å²) in [6.07, 6.45) is 4.52. The number of likely N-dealkylation sites (N-methyl/N-ethyl adjacent to an activating group) is 1. The second-order valence-corrected chi connectivity index (χ2v) is 5.60. The van der Waals surface area contributed by atoms with Gasteiger partial charge < -0.3 is 15.4 Å². The Labute approximate surface area is 120 Å². The van der Waals surface area contributed by atoms with E-state index in [4.69, 9.17) is 10.5 Å². The Morgan fingerprint density at radius 2 is 1.85 bits per heavy atom. The minimum atomic E-state index is 0.177. The van der Waals surface area contributed by atoms with Crippen molar-refractivity contribution in [1.29, 1.82) is 0 Å². The highest BCUT2D eigenvalue weighted by Crippen LogP contribution is 2.22. The Kier molecular flexibility index (Phi) is 5.01. The molecule has 1 saturated carbocycles. The van der Waals surface area contributed by atoms with Crippen molar-refractivity contribution in [2.75, 3.05) is 14.2 Å². The van der Waals surface area contributed by atoms with E-state index in [2.05, 4.69) is 0 Å². The highest BCUT2D eigenvalue weighted by atomic mass is 16.5. The van der Waals surface area contributed by atoms with Crippen molar-refractivity contribution in [3.8, 4) is 5.75 Å². The van der Waals surface area contributed by atoms with Crippen LogP contribution in [0.25, 0.3) is 0 Å². The lowest BCUT2D eigenvalue weighted by Gasteiger charge is -2.33. The molecule has 2 N–H and O–H groups in total. The van der Waals surface area contributed by atoms with Crippen LogP contribution in [0, 0.1) is 0 Å². The molecule has 1 aromatic carbocycles. The Bertz CT molecular complexity index is 436. The molecule has 1 aliphatic rings. The molecule has 2 rings (SSSR count). The second-order valence-electron chi connectivity index (χ2n) is 5.60. The van der Waals surface area contributed by atoms with Gasteiger partial charge in [0.1, 0.15) is 5.75 Å². The number of ether oxygens (including phenoxy) is 1. The molecule has 0 radical (unpaired) electrons. The van der Waals surface area contributed by atoms with E-state index in [1.807, 2.05) is 36.2 Å². The molecule has 110 valence electrons. The number of benzene rings is 1. The molecule has 1 amide bonds. The minimum absolute atomic E-state index is 0.177. The summed E-state index contributed by atoms with van der Waals surface area (Å²) in [6.45, 7) is 0. The molecule has 1 aliphatic carbocycles. The van der Waals surface area contributed by atoms with E-state index in [0.29, 0.717) is 18.5 Å². The molecule has 0 unspecified atom stereocenters. The molecule has 0 atom stereocenters. The predicted molar refractivity (Wildman–Crippen MR) is 79.7 cm³/mol. The Morgan fingerprint density at radius 3 is 2.40 bits per heavy atom. The van der Waals surface area contributed by atoms with Gasteiger partial charge in [0.2, 0.25) is 5.91 Å². The maximum absolute atomic E-state index is 12.3. The minimum Gasteiger partial charge on any atom is -0.497 e. The lowest BCUT2D eigenvalue weighted by molar-refractivity contribution is -0.131. The Morgan fingerprint density at radius 1 is 1.25 bits per heavy atom. The Hall–Kier alpha value is -1.55. The molecule has 0 saturated heterocycles. The van der Waals surface area contributed by atoms with Crippen LogP contribution in [0.5, 0.6) is 5.75 Å². The van der Waals surface area contributed by atoms with E-state index in [1.54, 1.807) is 7.11 Å². The maximum Gasteiger partial charge on any atom is 0.226 e. The van der Waals surface area contributed by atoms with Crippen molar-refractivity contribution in [2.45, 2.75) is 44.2 Å². The molecule has 0 aromatic heterocycles. The van der Waals surface area contributed by atoms with Crippen molar-refractivity contribution in [2.24, 2.45) is 5.73 Å². The first-order valence-electron chi connectivity index (χ1n) is 7.24. The summed E-state index contributed by atoms with van der Waals surface area (Å²) in [5, 5.41) is 0. The summed E-state index contributed by atoms with van der Waals surface area (Å²) in [6, 6.07) is 8.34. The van der Waals surface area contributed by atoms with E-state index in [-0.39, 0.29) is 5.91 Å². The van der Waals surface area contributed by atoms with Crippen LogP contribution < -0.4 is 10.5 Å². The Balaban J connectivity index is 1.89. The van der Waals surface area contributed by atoms with Crippen LogP contribution in [-0.4, -0.2) is 37.0 Å². The number of amides is 1. The zero-order valence-electron chi connectivity index (χ0n) is 12.3. The van der Waals surface area contributed by atoms with Gasteiger partial charge in [-0.2, -0.15) is 0 Å². The largest absolute Gasteiger partial charge is 0.497 e. The molecule has 1 fully saturated rings. The van der Waals surface area contributed by atoms with Crippen LogP contribution in [0.15, 0.2) is 24.3 Å². The fraction of sp³-hybridized carbons (Fsp3) is 0.562. The van der Waals surface area contributed by atoms with Crippen molar-refractivity contribution in [3.63, 3.8) is 0 Å². The quantitative estimate of drug-likeness (QED) is 0.914. The van der Waals surface area contributed by atoms with Gasteiger partial charge in [-0.05, 0) is 43.4 Å². The molecule has 1 aromatic rings. The van der Waals surface area contributed by atoms with Gasteiger partial charge in [0.15, 0.2) is 0 Å². The first-order valence-corrected chi connectivity index (χ1v) is 7.24. The molecule has 4 nitrogen and oxygen atoms in total. The van der Waals surface area contributed by atoms with E-state index in [1.165, 1.54) is 0 Å². The summed E-state index contributed by atoms with van der Waals surface area (Å²) in [5.41, 5.74) is 6.93. The zero-order valence-corrected chi connectivity index (χ0v) is 12.3. The average molecular weight is 276 g/mol. The monoisotopic (exact) mass is 276 g/mol. The maximum atomic E-state index is 12.3. The lowest BCUT2D eigenvalue weighted by atomic mass is 9.91. The van der Waals surface area contributed by atoms with Crippen molar-refractivity contribution in [3.05, 3.63) is 29.8 Å². The first-order chi connectivity index (χ1) is 9.60. The molecule has 0 spiro atoms. The standard InChI is InChI=1S/C16H24N2O2/c1-18(14-7-5-13(17)6-8-14)16(19)11-12-3-9-15(20-2)10-4-12/h3-4,9-10,13-14H,5-8,11,17H2,1-2H3/t13-,14-. The van der Waals surface area contributed by atoms with Crippen LogP contribution in [0.3, 0.4) is 0 Å². The van der Waals surface area contributed by atoms with Crippen molar-refractivity contribution >= 4 is 5.91 Å². The van der Waals surface area contributed by atoms with Gasteiger partial charge in [0.25, 0.3) is 0 Å². The molecular formula is C16H24N2O2. The summed E-state index contributed by atoms with van der Waals surface area (Å²) < 4.78 is 5.12. The van der Waals surface area contributed by atoms with Gasteiger partial charge in [-0.25, -0.2) is 0 Å². The number of nitrogens with zero attached hydrogens (tertiary/aromatic N) is 1. The molecule has 4 heteroatoms. The SMILES string of the molecule is COc1ccc(CC(=O)N(C)[C@H]2CC[C@H](N)CC2)cc1. The van der Waals surface area contributed by atoms with Gasteiger partial charge in [-0.15, -0.1) is 0 Å². The first kappa shape index (κ1) is 14.9. The van der Waals surface area contributed by atoms with E-state index in [9.17, 15) is 4.79 Å². The fourth-order valence-corrected chi connectivity index (χ4v) is 2.74. The van der Waals surface area contributed by atoms with Crippen molar-refractivity contribution < 1.29 is 9.53 Å². The van der Waals surface area contributed by atoms with E-state index in [0.717, 1.165) is 37.0 Å². The van der Waals surface area contributed by atoms with E-state index >= 15 is 0 Å². The molecule has 0 bridgehead atoms. The third kappa shape index (κ3) is 3.73. The number of carbonyl (C=O) groups is 1. The third-order valence-corrected chi connectivity index (χ3v) is 4.20. The summed E-state index contributed by atoms with van der Waals surface area (Å²) >= 11 is 0. The number of hydrogen-bond acceptors (Lipinski definition) is 3. The zero-order chi connectivity index (χ0) is 14.5. The topological polar surface area (TPSA) is 55.6 Å². The van der Waals surface area contributed by atoms with Gasteiger partial charge in [-0.1, -0.05) is 12.1 Å². The van der Waals surface area contributed by atoms with Crippen molar-refractivity contribution in [1.82, 2.24) is 4.90 Å². The average Bonchev–Trinajstić information content (AvgIpc) is 2.48. The smallest absolute Gasteiger partial charge is 0.226 e. The van der Waals surface area contributed by atoms with Crippen LogP contribution in [0.4, 0.5) is 0 Å². The summed E-state index contributed by atoms with van der Waals surface area (Å²) in [4.78, 5) is 14.2. The molecular weight excluding hydrogens is 252 g/mol. The lowest BCUT2D eigenvalue weighted by Crippen LogP contribution is -2.42. The highest BCUT2D eigenvalue weighted by Gasteiger charge is 2.24. The van der Waals surface area contributed by atoms with Gasteiger partial charge >= 0.3 is 0 Å². The molecule has 0 aliphatic heterocycles. The van der Waals surface area contributed by atoms with Gasteiger partial charge in [0.05, 0.1) is 13.5 Å². The normalized spacial score (nSPS) is 22.4. The number of nitrogens with two attached hydrogens (primary N) is 1. The van der Waals surface area contributed by atoms with Crippen LogP contribution in [-0.2, 0) is 11.2 Å². The number of methoxy groups -OCH3 is 1. The molecule has 0 heterocycles. The van der Waals surface area contributed by atoms with Gasteiger partial charge in [-0.3, -0.25) is 4.79 Å². The van der Waals surface area contributed by atoms with Gasteiger partial charge in [0, 0.05) is 19.1 Å². The number of rotatable bonds is 4. The third-order valence-electron chi connectivity index (χ3n) is 4.20.